The summed E-state index contributed by atoms with van der Waals surface area (Å²) in [7, 11) is 1.65. The molecule has 250 valence electrons. The van der Waals surface area contributed by atoms with Crippen LogP contribution in [0, 0.1) is 11.6 Å². The monoisotopic (exact) mass is 665 g/mol. The molecule has 1 aliphatic rings. The van der Waals surface area contributed by atoms with E-state index in [1.54, 1.807) is 48.6 Å². The van der Waals surface area contributed by atoms with Crippen molar-refractivity contribution in [3.8, 4) is 10.6 Å². The van der Waals surface area contributed by atoms with E-state index in [0.717, 1.165) is 12.1 Å². The Labute approximate surface area is 268 Å². The molecule has 1 saturated heterocycles. The van der Waals surface area contributed by atoms with Gasteiger partial charge in [0.1, 0.15) is 44.7 Å². The van der Waals surface area contributed by atoms with Gasteiger partial charge in [-0.1, -0.05) is 17.4 Å². The number of hydrogen-bond donors (Lipinski definition) is 3. The van der Waals surface area contributed by atoms with Crippen LogP contribution in [0.2, 0.25) is 0 Å². The number of amides is 3. The number of thiazole rings is 1. The summed E-state index contributed by atoms with van der Waals surface area (Å²) in [4.78, 5) is 44.6. The minimum Gasteiger partial charge on any atom is -0.444 e. The molecule has 2 aromatic heterocycles. The summed E-state index contributed by atoms with van der Waals surface area (Å²) >= 11 is 0.701. The number of nitrogens with one attached hydrogen (secondary N) is 3. The van der Waals surface area contributed by atoms with Crippen molar-refractivity contribution in [2.24, 2.45) is 7.05 Å². The van der Waals surface area contributed by atoms with Crippen molar-refractivity contribution in [1.82, 2.24) is 20.1 Å². The molecule has 0 radical (unpaired) electrons. The second kappa shape index (κ2) is 13.6. The summed E-state index contributed by atoms with van der Waals surface area (Å²) in [5.41, 5.74) is -2.13. The summed E-state index contributed by atoms with van der Waals surface area (Å²) in [6.07, 6.45) is -1.24. The molecule has 0 aliphatic carbocycles. The van der Waals surface area contributed by atoms with Crippen LogP contribution in [0.1, 0.15) is 64.9 Å². The van der Waals surface area contributed by atoms with E-state index in [9.17, 15) is 23.2 Å². The van der Waals surface area contributed by atoms with E-state index in [1.807, 2.05) is 4.90 Å². The van der Waals surface area contributed by atoms with E-state index in [2.05, 4.69) is 26.0 Å². The highest BCUT2D eigenvalue weighted by atomic mass is 32.1. The molecule has 3 N–H and O–H groups in total. The molecule has 12 nitrogen and oxygen atoms in total. The van der Waals surface area contributed by atoms with Crippen molar-refractivity contribution < 1.29 is 37.0 Å². The second-order valence-corrected chi connectivity index (χ2v) is 13.7. The molecule has 0 spiro atoms. The number of carbonyl (C=O) groups excluding carboxylic acids is 3. The van der Waals surface area contributed by atoms with Crippen LogP contribution in [0.5, 0.6) is 0 Å². The molecule has 16 heteroatoms. The maximum Gasteiger partial charge on any atom is 0.412 e. The lowest BCUT2D eigenvalue weighted by atomic mass is 10.1. The standard InChI is InChI=1S/C30H38F3N7O5S/c1-29(2,3)44-27(42)36-19-12-14-40(13-11-16(19)31)26-20(15-34-39(26)7)35-23(41)22-25(38-28(43)45-30(4,5)6)46-24(37-22)21-17(32)9-8-10-18(21)33/h8-10,15-16,19H,11-14H2,1-7H3,(H,35,41)(H,36,42)(H,38,43). The van der Waals surface area contributed by atoms with Gasteiger partial charge in [-0.2, -0.15) is 5.10 Å². The number of hydrogen-bond acceptors (Lipinski definition) is 9. The van der Waals surface area contributed by atoms with E-state index in [0.29, 0.717) is 23.7 Å². The van der Waals surface area contributed by atoms with E-state index < -0.39 is 58.7 Å². The first kappa shape index (κ1) is 34.5. The molecule has 0 bridgehead atoms. The van der Waals surface area contributed by atoms with Gasteiger partial charge < -0.3 is 25.0 Å². The maximum atomic E-state index is 15.1. The van der Waals surface area contributed by atoms with Crippen LogP contribution in [-0.2, 0) is 16.5 Å². The fraction of sp³-hybridized carbons (Fsp3) is 0.500. The summed E-state index contributed by atoms with van der Waals surface area (Å²) in [5, 5.41) is 11.8. The largest absolute Gasteiger partial charge is 0.444 e. The van der Waals surface area contributed by atoms with Crippen LogP contribution >= 0.6 is 11.3 Å². The maximum absolute atomic E-state index is 15.1. The molecule has 3 aromatic rings. The summed E-state index contributed by atoms with van der Waals surface area (Å²) in [5.74, 6) is -2.14. The molecular formula is C30H38F3N7O5S. The molecule has 4 rings (SSSR count). The van der Waals surface area contributed by atoms with E-state index in [-0.39, 0.29) is 40.8 Å². The number of rotatable bonds is 6. The molecule has 2 atom stereocenters. The molecule has 0 saturated carbocycles. The number of anilines is 3. The lowest BCUT2D eigenvalue weighted by Crippen LogP contribution is -2.44. The summed E-state index contributed by atoms with van der Waals surface area (Å²) in [6, 6.07) is 2.52. The predicted molar refractivity (Wildman–Crippen MR) is 168 cm³/mol. The van der Waals surface area contributed by atoms with Crippen LogP contribution in [0.3, 0.4) is 0 Å². The smallest absolute Gasteiger partial charge is 0.412 e. The predicted octanol–water partition coefficient (Wildman–Crippen LogP) is 6.25. The van der Waals surface area contributed by atoms with Crippen LogP contribution < -0.4 is 20.9 Å². The number of alkyl carbamates (subject to hydrolysis) is 1. The van der Waals surface area contributed by atoms with Gasteiger partial charge in [0.15, 0.2) is 11.5 Å². The number of nitrogens with zero attached hydrogens (tertiary/aromatic N) is 4. The van der Waals surface area contributed by atoms with Gasteiger partial charge in [0.05, 0.1) is 17.8 Å². The van der Waals surface area contributed by atoms with Gasteiger partial charge in [-0.25, -0.2) is 27.7 Å². The fourth-order valence-corrected chi connectivity index (χ4v) is 5.74. The Morgan fingerprint density at radius 2 is 1.57 bits per heavy atom. The minimum atomic E-state index is -1.35. The van der Waals surface area contributed by atoms with Gasteiger partial charge in [0.2, 0.25) is 0 Å². The van der Waals surface area contributed by atoms with Crippen LogP contribution in [0.4, 0.5) is 39.3 Å². The van der Waals surface area contributed by atoms with Crippen molar-refractivity contribution >= 4 is 45.9 Å². The average Bonchev–Trinajstić information content (AvgIpc) is 3.43. The SMILES string of the molecule is Cn1ncc(NC(=O)c2nc(-c3c(F)cccc3F)sc2NC(=O)OC(C)(C)C)c1N1CCC(F)C(NC(=O)OC(C)(C)C)CC1. The van der Waals surface area contributed by atoms with Gasteiger partial charge >= 0.3 is 12.2 Å². The highest BCUT2D eigenvalue weighted by Gasteiger charge is 2.32. The van der Waals surface area contributed by atoms with E-state index in [4.69, 9.17) is 9.47 Å². The molecule has 2 unspecified atom stereocenters. The number of halogens is 3. The van der Waals surface area contributed by atoms with Crippen molar-refractivity contribution in [2.45, 2.75) is 77.8 Å². The molecule has 1 aromatic carbocycles. The Bertz CT molecular complexity index is 1580. The third kappa shape index (κ3) is 8.68. The van der Waals surface area contributed by atoms with E-state index in [1.165, 1.54) is 16.9 Å². The normalized spacial score (nSPS) is 17.2. The number of benzene rings is 1. The zero-order valence-corrected chi connectivity index (χ0v) is 27.5. The fourth-order valence-electron chi connectivity index (χ4n) is 4.74. The molecule has 3 heterocycles. The van der Waals surface area contributed by atoms with Gasteiger partial charge in [0, 0.05) is 20.1 Å². The van der Waals surface area contributed by atoms with Crippen molar-refractivity contribution in [3.63, 3.8) is 0 Å². The molecular weight excluding hydrogens is 627 g/mol. The van der Waals surface area contributed by atoms with Crippen molar-refractivity contribution in [2.75, 3.05) is 28.6 Å². The Balaban J connectivity index is 1.59. The van der Waals surface area contributed by atoms with Gasteiger partial charge in [-0.05, 0) is 66.5 Å². The van der Waals surface area contributed by atoms with E-state index >= 15 is 4.39 Å². The number of alkyl halides is 1. The van der Waals surface area contributed by atoms with Gasteiger partial charge in [-0.3, -0.25) is 14.8 Å². The number of carbonyl (C=O) groups is 3. The highest BCUT2D eigenvalue weighted by molar-refractivity contribution is 7.19. The second-order valence-electron chi connectivity index (χ2n) is 12.7. The number of aryl methyl sites for hydroxylation is 1. The minimum absolute atomic E-state index is 0.0760. The molecule has 1 fully saturated rings. The van der Waals surface area contributed by atoms with Crippen LogP contribution in [-0.4, -0.2) is 69.4 Å². The number of ether oxygens (including phenoxy) is 2. The quantitative estimate of drug-likeness (QED) is 0.281. The first-order valence-corrected chi connectivity index (χ1v) is 15.4. The zero-order chi connectivity index (χ0) is 34.0. The van der Waals surface area contributed by atoms with Crippen LogP contribution in [0.25, 0.3) is 10.6 Å². The van der Waals surface area contributed by atoms with Gasteiger partial charge in [0.25, 0.3) is 5.91 Å². The summed E-state index contributed by atoms with van der Waals surface area (Å²) in [6.45, 7) is 10.7. The third-order valence-corrected chi connectivity index (χ3v) is 7.60. The Morgan fingerprint density at radius 1 is 0.957 bits per heavy atom. The Morgan fingerprint density at radius 3 is 2.20 bits per heavy atom. The van der Waals surface area contributed by atoms with Crippen molar-refractivity contribution in [3.05, 3.63) is 41.7 Å². The zero-order valence-electron chi connectivity index (χ0n) is 26.7. The molecule has 46 heavy (non-hydrogen) atoms. The topological polar surface area (TPSA) is 140 Å². The van der Waals surface area contributed by atoms with Crippen LogP contribution in [0.15, 0.2) is 24.4 Å². The third-order valence-electron chi connectivity index (χ3n) is 6.61. The average molecular weight is 666 g/mol. The lowest BCUT2D eigenvalue weighted by Gasteiger charge is -2.25. The lowest BCUT2D eigenvalue weighted by molar-refractivity contribution is 0.0471. The molecule has 1 aliphatic heterocycles. The highest BCUT2D eigenvalue weighted by Crippen LogP contribution is 2.36. The van der Waals surface area contributed by atoms with Crippen molar-refractivity contribution in [1.29, 1.82) is 0 Å². The summed E-state index contributed by atoms with van der Waals surface area (Å²) < 4.78 is 56.5. The first-order valence-electron chi connectivity index (χ1n) is 14.6. The molecule has 3 amide bonds. The Hall–Kier alpha value is -4.34. The van der Waals surface area contributed by atoms with Gasteiger partial charge in [-0.15, -0.1) is 0 Å². The first-order chi connectivity index (χ1) is 21.4. The number of aromatic nitrogens is 3. The Kier molecular flexibility index (Phi) is 10.2.